The molecule has 0 aliphatic rings. The third kappa shape index (κ3) is 8.03. The van der Waals surface area contributed by atoms with Gasteiger partial charge in [0, 0.05) is 0 Å². The Labute approximate surface area is 278 Å². The average molecular weight is 658 g/mol. The SMILES string of the molecule is Cc1ccc(C)c(-c2ccc(C)c3[cH-]c(C)cc23)c1.Cc1ccc(C)c(-c2cccc3[cH-]c(C(C)C)cc23)c1.[CH3-].[CH3-].[Si]=[Zr]. The van der Waals surface area contributed by atoms with Crippen molar-refractivity contribution in [1.82, 2.24) is 0 Å². The van der Waals surface area contributed by atoms with Gasteiger partial charge in [-0.3, -0.25) is 0 Å². The molecular weight excluding hydrogens is 612 g/mol. The van der Waals surface area contributed by atoms with Crippen molar-refractivity contribution in [1.29, 1.82) is 0 Å². The molecule has 6 aromatic rings. The molecule has 222 valence electrons. The molecule has 0 saturated carbocycles. The van der Waals surface area contributed by atoms with Gasteiger partial charge in [0.05, 0.1) is 0 Å². The first-order valence-corrected chi connectivity index (χ1v) is 18.6. The third-order valence-corrected chi connectivity index (χ3v) is 8.06. The van der Waals surface area contributed by atoms with Crippen LogP contribution in [0.1, 0.15) is 58.7 Å². The summed E-state index contributed by atoms with van der Waals surface area (Å²) in [5.74, 6) is 0.578. The van der Waals surface area contributed by atoms with Crippen LogP contribution in [0.5, 0.6) is 0 Å². The van der Waals surface area contributed by atoms with Crippen molar-refractivity contribution in [3.05, 3.63) is 145 Å². The predicted molar refractivity (Wildman–Crippen MR) is 191 cm³/mol. The molecule has 0 heterocycles. The molecule has 0 atom stereocenters. The average Bonchev–Trinajstić information content (AvgIpc) is 3.58. The molecule has 2 radical (unpaired) electrons. The van der Waals surface area contributed by atoms with Crippen molar-refractivity contribution in [3.8, 4) is 22.3 Å². The number of aryl methyl sites for hydroxylation is 6. The quantitative estimate of drug-likeness (QED) is 0.131. The van der Waals surface area contributed by atoms with E-state index in [9.17, 15) is 0 Å². The van der Waals surface area contributed by atoms with Crippen molar-refractivity contribution in [2.24, 2.45) is 0 Å². The summed E-state index contributed by atoms with van der Waals surface area (Å²) in [7, 11) is 0. The first-order valence-electron chi connectivity index (χ1n) is 14.4. The fourth-order valence-electron chi connectivity index (χ4n) is 5.70. The first-order chi connectivity index (χ1) is 19.6. The van der Waals surface area contributed by atoms with Gasteiger partial charge in [-0.15, -0.1) is 68.6 Å². The van der Waals surface area contributed by atoms with E-state index in [1.807, 2.05) is 0 Å². The van der Waals surface area contributed by atoms with Crippen molar-refractivity contribution in [2.45, 2.75) is 61.3 Å². The molecule has 0 bridgehead atoms. The van der Waals surface area contributed by atoms with Crippen LogP contribution in [-0.2, 0) is 23.3 Å². The summed E-state index contributed by atoms with van der Waals surface area (Å²) in [6, 6.07) is 33.8. The summed E-state index contributed by atoms with van der Waals surface area (Å²) in [5.41, 5.74) is 14.9. The van der Waals surface area contributed by atoms with Gasteiger partial charge in [0.25, 0.3) is 0 Å². The Balaban J connectivity index is 0.000000272. The van der Waals surface area contributed by atoms with Crippen LogP contribution in [0.25, 0.3) is 43.8 Å². The van der Waals surface area contributed by atoms with E-state index in [-0.39, 0.29) is 14.9 Å². The van der Waals surface area contributed by atoms with Crippen LogP contribution in [0.4, 0.5) is 0 Å². The third-order valence-electron chi connectivity index (χ3n) is 8.06. The van der Waals surface area contributed by atoms with Crippen LogP contribution in [0, 0.1) is 56.4 Å². The Kier molecular flexibility index (Phi) is 13.4. The molecule has 0 aliphatic heterocycles. The molecule has 0 N–H and O–H groups in total. The molecule has 0 aliphatic carbocycles. The van der Waals surface area contributed by atoms with Gasteiger partial charge in [-0.25, -0.2) is 0 Å². The number of fused-ring (bicyclic) bond motifs is 2. The fraction of sp³-hybridized carbons (Fsp3) is 0.220. The Morgan fingerprint density at radius 1 is 0.558 bits per heavy atom. The Bertz CT molecular complexity index is 1810. The Hall–Kier alpha value is -2.80. The molecule has 0 amide bonds. The minimum absolute atomic E-state index is 0. The van der Waals surface area contributed by atoms with Crippen molar-refractivity contribution in [3.63, 3.8) is 0 Å². The molecule has 0 aromatic heterocycles. The summed E-state index contributed by atoms with van der Waals surface area (Å²) in [5, 5.41) is 5.50. The van der Waals surface area contributed by atoms with Crippen molar-refractivity contribution in [2.75, 3.05) is 0 Å². The summed E-state index contributed by atoms with van der Waals surface area (Å²) in [4.78, 5) is 0. The zero-order chi connectivity index (χ0) is 29.8. The van der Waals surface area contributed by atoms with Crippen LogP contribution < -0.4 is 0 Å². The van der Waals surface area contributed by atoms with Gasteiger partial charge < -0.3 is 14.9 Å². The van der Waals surface area contributed by atoms with Gasteiger partial charge in [-0.2, -0.15) is 12.1 Å². The molecule has 2 heteroatoms. The molecule has 6 rings (SSSR count). The van der Waals surface area contributed by atoms with Gasteiger partial charge >= 0.3 is 30.2 Å². The van der Waals surface area contributed by atoms with Crippen molar-refractivity contribution >= 4 is 28.4 Å². The molecule has 0 unspecified atom stereocenters. The second-order valence-corrected chi connectivity index (χ2v) is 11.7. The molecule has 43 heavy (non-hydrogen) atoms. The zero-order valence-electron chi connectivity index (χ0n) is 27.7. The van der Waals surface area contributed by atoms with Crippen LogP contribution in [0.2, 0.25) is 0 Å². The Morgan fingerprint density at radius 2 is 1.09 bits per heavy atom. The molecule has 0 nitrogen and oxygen atoms in total. The number of hydrogen-bond donors (Lipinski definition) is 0. The fourth-order valence-corrected chi connectivity index (χ4v) is 5.70. The molecule has 0 fully saturated rings. The molecular formula is C41H46SiZr-4. The number of hydrogen-bond acceptors (Lipinski definition) is 0. The van der Waals surface area contributed by atoms with E-state index in [1.54, 1.807) is 0 Å². The monoisotopic (exact) mass is 656 g/mol. The Morgan fingerprint density at radius 3 is 1.65 bits per heavy atom. The second kappa shape index (κ2) is 15.8. The van der Waals surface area contributed by atoms with Crippen LogP contribution in [-0.4, -0.2) is 6.88 Å². The maximum atomic E-state index is 3.06. The molecule has 6 aromatic carbocycles. The summed E-state index contributed by atoms with van der Waals surface area (Å²) in [6.07, 6.45) is 0. The minimum atomic E-state index is 0. The van der Waals surface area contributed by atoms with Gasteiger partial charge in [0.2, 0.25) is 0 Å². The zero-order valence-corrected chi connectivity index (χ0v) is 31.2. The topological polar surface area (TPSA) is 0 Å². The van der Waals surface area contributed by atoms with Crippen LogP contribution >= 0.6 is 0 Å². The predicted octanol–water partition coefficient (Wildman–Crippen LogP) is 11.9. The molecule has 0 saturated heterocycles. The first kappa shape index (κ1) is 36.4. The number of benzene rings is 4. The second-order valence-electron chi connectivity index (χ2n) is 11.7. The van der Waals surface area contributed by atoms with Gasteiger partial charge in [0.15, 0.2) is 0 Å². The number of rotatable bonds is 3. The van der Waals surface area contributed by atoms with Gasteiger partial charge in [-0.1, -0.05) is 98.5 Å². The summed E-state index contributed by atoms with van der Waals surface area (Å²) >= 11 is 1.36. The van der Waals surface area contributed by atoms with E-state index in [4.69, 9.17) is 0 Å². The van der Waals surface area contributed by atoms with Crippen LogP contribution in [0.3, 0.4) is 0 Å². The van der Waals surface area contributed by atoms with Gasteiger partial charge in [0.1, 0.15) is 0 Å². The normalized spacial score (nSPS) is 10.3. The van der Waals surface area contributed by atoms with E-state index < -0.39 is 0 Å². The molecule has 0 spiro atoms. The van der Waals surface area contributed by atoms with E-state index >= 15 is 0 Å². The van der Waals surface area contributed by atoms with E-state index in [0.717, 1.165) is 0 Å². The summed E-state index contributed by atoms with van der Waals surface area (Å²) < 4.78 is 0. The van der Waals surface area contributed by atoms with Gasteiger partial charge in [-0.05, 0) is 55.9 Å². The standard InChI is InChI=1S/C20H21.C19H19.2CH3.Si.Zr/c1-13(2)17-11-16-6-5-7-18(20(16)12-17)19-10-14(3)8-9-15(19)4;1-12-5-6-14(3)17(9-12)16-8-7-15(4)18-10-13(2)11-19(16)18;;;;/h5-13H,1-4H3;5-11H,1-4H3;2*1H3;;/q4*-1;;. The van der Waals surface area contributed by atoms with Crippen molar-refractivity contribution < 1.29 is 23.3 Å². The van der Waals surface area contributed by atoms with E-state index in [1.165, 1.54) is 106 Å². The van der Waals surface area contributed by atoms with Crippen LogP contribution in [0.15, 0.2) is 91.0 Å². The summed E-state index contributed by atoms with van der Waals surface area (Å²) in [6.45, 7) is 20.6. The van der Waals surface area contributed by atoms with E-state index in [0.29, 0.717) is 5.92 Å². The maximum absolute atomic E-state index is 3.06. The van der Waals surface area contributed by atoms with E-state index in [2.05, 4.69) is 153 Å².